The predicted octanol–water partition coefficient (Wildman–Crippen LogP) is 3.69. The number of anilines is 1. The Balaban J connectivity index is 1.48. The summed E-state index contributed by atoms with van der Waals surface area (Å²) in [4.78, 5) is 19.8. The van der Waals surface area contributed by atoms with Crippen molar-refractivity contribution in [1.29, 1.82) is 0 Å². The molecule has 1 amide bonds. The maximum atomic E-state index is 13.1. The van der Waals surface area contributed by atoms with Crippen LogP contribution in [0.25, 0.3) is 0 Å². The fourth-order valence-electron chi connectivity index (χ4n) is 3.65. The number of rotatable bonds is 6. The van der Waals surface area contributed by atoms with E-state index in [0.717, 1.165) is 48.8 Å². The van der Waals surface area contributed by atoms with Crippen molar-refractivity contribution in [3.05, 3.63) is 53.2 Å². The van der Waals surface area contributed by atoms with Gasteiger partial charge in [-0.05, 0) is 59.0 Å². The Morgan fingerprint density at radius 3 is 2.80 bits per heavy atom. The minimum atomic E-state index is -0.181. The molecule has 0 bridgehead atoms. The average molecular weight is 427 g/mol. The number of nitrogens with one attached hydrogen (secondary N) is 1. The number of carbonyl (C=O) groups excluding carboxylic acids is 1. The third-order valence-corrected chi connectivity index (χ3v) is 6.53. The molecule has 30 heavy (non-hydrogen) atoms. The van der Waals surface area contributed by atoms with Crippen LogP contribution >= 0.6 is 11.8 Å². The zero-order chi connectivity index (χ0) is 21.1. The van der Waals surface area contributed by atoms with Gasteiger partial charge in [0.2, 0.25) is 0 Å². The second kappa shape index (κ2) is 9.01. The van der Waals surface area contributed by atoms with E-state index in [1.165, 1.54) is 11.8 Å². The van der Waals surface area contributed by atoms with E-state index in [1.807, 2.05) is 24.6 Å². The fourth-order valence-corrected chi connectivity index (χ4v) is 4.80. The van der Waals surface area contributed by atoms with Gasteiger partial charge in [0.15, 0.2) is 0 Å². The monoisotopic (exact) mass is 426 g/mol. The first-order chi connectivity index (χ1) is 14.5. The van der Waals surface area contributed by atoms with E-state index in [2.05, 4.69) is 32.5 Å². The molecular weight excluding hydrogens is 400 g/mol. The van der Waals surface area contributed by atoms with Gasteiger partial charge in [-0.1, -0.05) is 5.16 Å². The van der Waals surface area contributed by atoms with Gasteiger partial charge in [0.25, 0.3) is 5.91 Å². The Morgan fingerprint density at radius 1 is 1.27 bits per heavy atom. The summed E-state index contributed by atoms with van der Waals surface area (Å²) in [5, 5.41) is 12.2. The maximum Gasteiger partial charge on any atom is 0.259 e. The smallest absolute Gasteiger partial charge is 0.259 e. The van der Waals surface area contributed by atoms with E-state index < -0.39 is 0 Å². The SMILES string of the molecule is Cc1noc(C)c1CSc1ncccc1C(=O)Nc1ccnn1C1CCN(C)CC1. The van der Waals surface area contributed by atoms with Gasteiger partial charge in [-0.15, -0.1) is 11.8 Å². The molecule has 1 saturated heterocycles. The fraction of sp³-hybridized carbons (Fsp3) is 0.429. The molecule has 8 nitrogen and oxygen atoms in total. The Bertz CT molecular complexity index is 1000. The largest absolute Gasteiger partial charge is 0.361 e. The minimum Gasteiger partial charge on any atom is -0.361 e. The molecule has 1 fully saturated rings. The number of nitrogens with zero attached hydrogens (tertiary/aromatic N) is 5. The molecular formula is C21H26N6O2S. The van der Waals surface area contributed by atoms with Crippen LogP contribution in [0, 0.1) is 13.8 Å². The summed E-state index contributed by atoms with van der Waals surface area (Å²) in [6.45, 7) is 5.88. The van der Waals surface area contributed by atoms with Crippen LogP contribution in [0.4, 0.5) is 5.82 Å². The number of thioether (sulfide) groups is 1. The number of amides is 1. The van der Waals surface area contributed by atoms with Gasteiger partial charge in [0.05, 0.1) is 23.5 Å². The lowest BCUT2D eigenvalue weighted by Gasteiger charge is -2.30. The van der Waals surface area contributed by atoms with Gasteiger partial charge >= 0.3 is 0 Å². The number of hydrogen-bond acceptors (Lipinski definition) is 7. The van der Waals surface area contributed by atoms with Gasteiger partial charge < -0.3 is 14.7 Å². The quantitative estimate of drug-likeness (QED) is 0.601. The van der Waals surface area contributed by atoms with Gasteiger partial charge in [0.1, 0.15) is 16.6 Å². The second-order valence-corrected chi connectivity index (χ2v) is 8.56. The Kier molecular flexibility index (Phi) is 6.19. The standard InChI is InChI=1S/C21H26N6O2S/c1-14-18(15(2)29-25-14)13-30-21-17(5-4-9-22-21)20(28)24-19-6-10-23-27(19)16-7-11-26(3)12-8-16/h4-6,9-10,16H,7-8,11-13H2,1-3H3,(H,24,28). The summed E-state index contributed by atoms with van der Waals surface area (Å²) < 4.78 is 7.18. The van der Waals surface area contributed by atoms with Gasteiger partial charge in [0, 0.05) is 23.6 Å². The maximum absolute atomic E-state index is 13.1. The van der Waals surface area contributed by atoms with Crippen LogP contribution in [0.15, 0.2) is 40.1 Å². The van der Waals surface area contributed by atoms with E-state index in [0.29, 0.717) is 22.4 Å². The highest BCUT2D eigenvalue weighted by Gasteiger charge is 2.22. The molecule has 3 aromatic heterocycles. The third kappa shape index (κ3) is 4.41. The first-order valence-electron chi connectivity index (χ1n) is 10.1. The summed E-state index contributed by atoms with van der Waals surface area (Å²) in [5.74, 6) is 1.98. The molecule has 3 aromatic rings. The number of aromatic nitrogens is 4. The van der Waals surface area contributed by atoms with Gasteiger partial charge in [-0.25, -0.2) is 9.67 Å². The van der Waals surface area contributed by atoms with E-state index in [-0.39, 0.29) is 5.91 Å². The molecule has 158 valence electrons. The highest BCUT2D eigenvalue weighted by molar-refractivity contribution is 7.98. The van der Waals surface area contributed by atoms with E-state index >= 15 is 0 Å². The highest BCUT2D eigenvalue weighted by Crippen LogP contribution is 2.29. The molecule has 4 rings (SSSR count). The molecule has 0 aromatic carbocycles. The van der Waals surface area contributed by atoms with Crippen LogP contribution in [0.5, 0.6) is 0 Å². The topological polar surface area (TPSA) is 89.1 Å². The zero-order valence-electron chi connectivity index (χ0n) is 17.5. The third-order valence-electron chi connectivity index (χ3n) is 5.50. The lowest BCUT2D eigenvalue weighted by molar-refractivity contribution is 0.102. The molecule has 0 saturated carbocycles. The van der Waals surface area contributed by atoms with Crippen molar-refractivity contribution in [3.8, 4) is 0 Å². The molecule has 0 aliphatic carbocycles. The lowest BCUT2D eigenvalue weighted by Crippen LogP contribution is -2.32. The summed E-state index contributed by atoms with van der Waals surface area (Å²) in [5.41, 5.74) is 2.45. The number of hydrogen-bond donors (Lipinski definition) is 1. The van der Waals surface area contributed by atoms with Crippen molar-refractivity contribution in [2.75, 3.05) is 25.5 Å². The average Bonchev–Trinajstić information content (AvgIpc) is 3.33. The summed E-state index contributed by atoms with van der Waals surface area (Å²) in [7, 11) is 2.13. The number of pyridine rings is 1. The zero-order valence-corrected chi connectivity index (χ0v) is 18.3. The Labute approximate surface area is 180 Å². The molecule has 0 radical (unpaired) electrons. The van der Waals surface area contributed by atoms with Crippen molar-refractivity contribution in [3.63, 3.8) is 0 Å². The van der Waals surface area contributed by atoms with Crippen LogP contribution in [-0.2, 0) is 5.75 Å². The second-order valence-electron chi connectivity index (χ2n) is 7.60. The molecule has 9 heteroatoms. The van der Waals surface area contributed by atoms with Crippen LogP contribution < -0.4 is 5.32 Å². The van der Waals surface area contributed by atoms with Gasteiger partial charge in [-0.2, -0.15) is 5.10 Å². The van der Waals surface area contributed by atoms with Gasteiger partial charge in [-0.3, -0.25) is 4.79 Å². The van der Waals surface area contributed by atoms with E-state index in [1.54, 1.807) is 24.5 Å². The first-order valence-corrected chi connectivity index (χ1v) is 11.0. The normalized spacial score (nSPS) is 15.4. The van der Waals surface area contributed by atoms with Crippen molar-refractivity contribution in [2.24, 2.45) is 0 Å². The predicted molar refractivity (Wildman–Crippen MR) is 116 cm³/mol. The van der Waals surface area contributed by atoms with E-state index in [9.17, 15) is 4.79 Å². The molecule has 0 spiro atoms. The van der Waals surface area contributed by atoms with Crippen LogP contribution in [0.1, 0.15) is 46.3 Å². The molecule has 0 unspecified atom stereocenters. The molecule has 1 aliphatic heterocycles. The number of likely N-dealkylation sites (tertiary alicyclic amines) is 1. The Morgan fingerprint density at radius 2 is 2.07 bits per heavy atom. The first kappa shape index (κ1) is 20.6. The van der Waals surface area contributed by atoms with Crippen LogP contribution in [-0.4, -0.2) is 50.9 Å². The molecule has 4 heterocycles. The summed E-state index contributed by atoms with van der Waals surface area (Å²) in [6.07, 6.45) is 5.48. The number of piperidine rings is 1. The molecule has 1 N–H and O–H groups in total. The summed E-state index contributed by atoms with van der Waals surface area (Å²) in [6, 6.07) is 5.73. The number of aryl methyl sites for hydroxylation is 2. The summed E-state index contributed by atoms with van der Waals surface area (Å²) >= 11 is 1.51. The van der Waals surface area contributed by atoms with Crippen LogP contribution in [0.2, 0.25) is 0 Å². The van der Waals surface area contributed by atoms with Crippen molar-refractivity contribution >= 4 is 23.5 Å². The van der Waals surface area contributed by atoms with E-state index in [4.69, 9.17) is 4.52 Å². The van der Waals surface area contributed by atoms with Crippen molar-refractivity contribution in [1.82, 2.24) is 24.8 Å². The van der Waals surface area contributed by atoms with Crippen molar-refractivity contribution < 1.29 is 9.32 Å². The highest BCUT2D eigenvalue weighted by atomic mass is 32.2. The molecule has 0 atom stereocenters. The van der Waals surface area contributed by atoms with Crippen LogP contribution in [0.3, 0.4) is 0 Å². The molecule has 1 aliphatic rings. The van der Waals surface area contributed by atoms with Crippen molar-refractivity contribution in [2.45, 2.75) is 43.5 Å². The lowest BCUT2D eigenvalue weighted by atomic mass is 10.1. The minimum absolute atomic E-state index is 0.181. The Hall–Kier alpha value is -2.65. The number of carbonyl (C=O) groups is 1.